The zero-order chi connectivity index (χ0) is 14.8. The number of pyridine rings is 1. The van der Waals surface area contributed by atoms with Crippen molar-refractivity contribution in [3.05, 3.63) is 64.2 Å². The molecule has 0 radical (unpaired) electrons. The molecule has 3 aromatic rings. The Balaban J connectivity index is 1.94. The Morgan fingerprint density at radius 1 is 1.48 bits per heavy atom. The van der Waals surface area contributed by atoms with Gasteiger partial charge in [0.25, 0.3) is 0 Å². The Morgan fingerprint density at radius 2 is 2.33 bits per heavy atom. The van der Waals surface area contributed by atoms with Crippen LogP contribution < -0.4 is 5.69 Å². The van der Waals surface area contributed by atoms with Crippen LogP contribution in [-0.2, 0) is 5.75 Å². The number of nitrogens with zero attached hydrogens (tertiary/aromatic N) is 3. The first-order valence-electron chi connectivity index (χ1n) is 6.05. The highest BCUT2D eigenvalue weighted by atomic mass is 32.2. The number of nitriles is 1. The molecule has 0 fully saturated rings. The summed E-state index contributed by atoms with van der Waals surface area (Å²) in [5.74, 6) is -0.205. The predicted octanol–water partition coefficient (Wildman–Crippen LogP) is 2.33. The average molecular weight is 300 g/mol. The minimum Gasteiger partial charge on any atom is -0.322 e. The third-order valence-corrected chi connectivity index (χ3v) is 4.02. The molecule has 0 amide bonds. The highest BCUT2D eigenvalue weighted by Gasteiger charge is 2.12. The van der Waals surface area contributed by atoms with Gasteiger partial charge in [-0.1, -0.05) is 6.07 Å². The van der Waals surface area contributed by atoms with Crippen molar-refractivity contribution in [3.63, 3.8) is 0 Å². The van der Waals surface area contributed by atoms with Crippen LogP contribution in [0, 0.1) is 17.1 Å². The Labute approximate surface area is 123 Å². The maximum absolute atomic E-state index is 13.5. The molecule has 21 heavy (non-hydrogen) atoms. The van der Waals surface area contributed by atoms with Gasteiger partial charge >= 0.3 is 5.69 Å². The molecular formula is C14H9FN4OS. The molecule has 0 spiro atoms. The first-order valence-corrected chi connectivity index (χ1v) is 7.04. The number of aromatic amines is 1. The van der Waals surface area contributed by atoms with Crippen molar-refractivity contribution in [2.24, 2.45) is 0 Å². The average Bonchev–Trinajstić information content (AvgIpc) is 2.85. The van der Waals surface area contributed by atoms with E-state index in [0.717, 1.165) is 29.0 Å². The maximum atomic E-state index is 13.5. The van der Waals surface area contributed by atoms with Gasteiger partial charge in [0.15, 0.2) is 5.82 Å². The summed E-state index contributed by atoms with van der Waals surface area (Å²) in [5.41, 5.74) is 1.55. The van der Waals surface area contributed by atoms with E-state index in [0.29, 0.717) is 11.3 Å². The second kappa shape index (κ2) is 5.42. The molecule has 0 saturated heterocycles. The van der Waals surface area contributed by atoms with E-state index in [1.54, 1.807) is 0 Å². The van der Waals surface area contributed by atoms with Crippen LogP contribution in [0.3, 0.4) is 0 Å². The predicted molar refractivity (Wildman–Crippen MR) is 76.5 cm³/mol. The van der Waals surface area contributed by atoms with Gasteiger partial charge in [-0.05, 0) is 17.7 Å². The molecule has 3 heterocycles. The second-order valence-electron chi connectivity index (χ2n) is 4.29. The molecule has 1 N–H and O–H groups in total. The van der Waals surface area contributed by atoms with Crippen molar-refractivity contribution < 1.29 is 4.39 Å². The Morgan fingerprint density at radius 3 is 3.14 bits per heavy atom. The molecular weight excluding hydrogens is 291 g/mol. The SMILES string of the molecule is N#Cc1c(CSc2[nH]c(=O)ncc2F)cn2ccccc12. The van der Waals surface area contributed by atoms with E-state index < -0.39 is 11.5 Å². The van der Waals surface area contributed by atoms with Crippen molar-refractivity contribution in [2.75, 3.05) is 0 Å². The van der Waals surface area contributed by atoms with Gasteiger partial charge in [0.2, 0.25) is 0 Å². The van der Waals surface area contributed by atoms with Gasteiger partial charge in [-0.2, -0.15) is 10.2 Å². The Kier molecular flexibility index (Phi) is 3.46. The number of halogens is 1. The van der Waals surface area contributed by atoms with Crippen molar-refractivity contribution in [2.45, 2.75) is 10.8 Å². The van der Waals surface area contributed by atoms with Gasteiger partial charge in [0.1, 0.15) is 11.1 Å². The number of rotatable bonds is 3. The van der Waals surface area contributed by atoms with E-state index in [1.807, 2.05) is 35.0 Å². The molecule has 0 aliphatic rings. The molecule has 0 atom stereocenters. The van der Waals surface area contributed by atoms with Crippen LogP contribution in [0.25, 0.3) is 5.52 Å². The van der Waals surface area contributed by atoms with Gasteiger partial charge in [0.05, 0.1) is 17.3 Å². The minimum absolute atomic E-state index is 0.120. The van der Waals surface area contributed by atoms with Crippen molar-refractivity contribution in [1.29, 1.82) is 5.26 Å². The van der Waals surface area contributed by atoms with Crippen molar-refractivity contribution in [3.8, 4) is 6.07 Å². The van der Waals surface area contributed by atoms with Gasteiger partial charge < -0.3 is 4.40 Å². The number of hydrogen-bond acceptors (Lipinski definition) is 4. The molecule has 0 aromatic carbocycles. The molecule has 0 aliphatic carbocycles. The standard InChI is InChI=1S/C14H9FN4OS/c15-11-6-17-14(20)18-13(11)21-8-9-7-19-4-2-1-3-12(19)10(9)5-16/h1-4,6-7H,8H2,(H,17,18,20). The van der Waals surface area contributed by atoms with E-state index in [1.165, 1.54) is 0 Å². The highest BCUT2D eigenvalue weighted by molar-refractivity contribution is 7.98. The number of H-pyrrole nitrogens is 1. The highest BCUT2D eigenvalue weighted by Crippen LogP contribution is 2.26. The first-order chi connectivity index (χ1) is 10.2. The number of thioether (sulfide) groups is 1. The topological polar surface area (TPSA) is 73.9 Å². The summed E-state index contributed by atoms with van der Waals surface area (Å²) in [6.07, 6.45) is 4.57. The minimum atomic E-state index is -0.596. The maximum Gasteiger partial charge on any atom is 0.345 e. The summed E-state index contributed by atoms with van der Waals surface area (Å²) in [7, 11) is 0. The molecule has 0 saturated carbocycles. The fourth-order valence-corrected chi connectivity index (χ4v) is 2.90. The third-order valence-electron chi connectivity index (χ3n) is 2.98. The van der Waals surface area contributed by atoms with Crippen LogP contribution in [0.1, 0.15) is 11.1 Å². The number of hydrogen-bond donors (Lipinski definition) is 1. The molecule has 0 bridgehead atoms. The van der Waals surface area contributed by atoms with Crippen LogP contribution in [0.2, 0.25) is 0 Å². The summed E-state index contributed by atoms with van der Waals surface area (Å²) >= 11 is 1.12. The van der Waals surface area contributed by atoms with E-state index in [4.69, 9.17) is 0 Å². The zero-order valence-corrected chi connectivity index (χ0v) is 11.5. The van der Waals surface area contributed by atoms with E-state index in [2.05, 4.69) is 16.0 Å². The van der Waals surface area contributed by atoms with Crippen LogP contribution in [-0.4, -0.2) is 14.4 Å². The summed E-state index contributed by atoms with van der Waals surface area (Å²) < 4.78 is 15.4. The van der Waals surface area contributed by atoms with E-state index in [9.17, 15) is 14.4 Å². The second-order valence-corrected chi connectivity index (χ2v) is 5.27. The van der Waals surface area contributed by atoms with Crippen LogP contribution in [0.15, 0.2) is 46.6 Å². The van der Waals surface area contributed by atoms with E-state index >= 15 is 0 Å². The van der Waals surface area contributed by atoms with Crippen molar-refractivity contribution >= 4 is 17.3 Å². The van der Waals surface area contributed by atoms with Gasteiger partial charge in [0, 0.05) is 18.1 Å². The lowest BCUT2D eigenvalue weighted by atomic mass is 10.2. The van der Waals surface area contributed by atoms with Crippen LogP contribution in [0.4, 0.5) is 4.39 Å². The number of nitrogens with one attached hydrogen (secondary N) is 1. The smallest absolute Gasteiger partial charge is 0.322 e. The summed E-state index contributed by atoms with van der Waals surface area (Å²) in [5, 5.41) is 9.41. The molecule has 3 aromatic heterocycles. The molecule has 3 rings (SSSR count). The summed E-state index contributed by atoms with van der Waals surface area (Å²) in [6, 6.07) is 7.74. The molecule has 5 nitrogen and oxygen atoms in total. The fraction of sp³-hybridized carbons (Fsp3) is 0.0714. The van der Waals surface area contributed by atoms with Gasteiger partial charge in [-0.15, -0.1) is 11.8 Å². The summed E-state index contributed by atoms with van der Waals surface area (Å²) in [4.78, 5) is 16.8. The Bertz CT molecular complexity index is 909. The largest absolute Gasteiger partial charge is 0.345 e. The number of aromatic nitrogens is 3. The number of fused-ring (bicyclic) bond motifs is 1. The third kappa shape index (κ3) is 2.53. The Hall–Kier alpha value is -2.59. The molecule has 104 valence electrons. The van der Waals surface area contributed by atoms with E-state index in [-0.39, 0.29) is 5.03 Å². The zero-order valence-electron chi connectivity index (χ0n) is 10.7. The fourth-order valence-electron chi connectivity index (χ4n) is 2.03. The summed E-state index contributed by atoms with van der Waals surface area (Å²) in [6.45, 7) is 0. The monoisotopic (exact) mass is 300 g/mol. The van der Waals surface area contributed by atoms with Gasteiger partial charge in [-0.25, -0.2) is 9.18 Å². The van der Waals surface area contributed by atoms with Crippen LogP contribution in [0.5, 0.6) is 0 Å². The van der Waals surface area contributed by atoms with Gasteiger partial charge in [-0.3, -0.25) is 4.98 Å². The van der Waals surface area contributed by atoms with Crippen molar-refractivity contribution in [1.82, 2.24) is 14.4 Å². The lowest BCUT2D eigenvalue weighted by molar-refractivity contribution is 0.574. The van der Waals surface area contributed by atoms with Crippen LogP contribution >= 0.6 is 11.8 Å². The normalized spacial score (nSPS) is 10.7. The molecule has 0 aliphatic heterocycles. The molecule has 7 heteroatoms. The lowest BCUT2D eigenvalue weighted by Gasteiger charge is -2.01. The lowest BCUT2D eigenvalue weighted by Crippen LogP contribution is -2.11. The molecule has 0 unspecified atom stereocenters. The first kappa shape index (κ1) is 13.4. The quantitative estimate of drug-likeness (QED) is 0.595.